The number of ether oxygens (including phenoxy) is 1. The van der Waals surface area contributed by atoms with Crippen molar-refractivity contribution in [3.8, 4) is 0 Å². The fourth-order valence-corrected chi connectivity index (χ4v) is 1.92. The molecule has 0 aromatic heterocycles. The maximum absolute atomic E-state index is 13.7. The van der Waals surface area contributed by atoms with Gasteiger partial charge in [0.15, 0.2) is 0 Å². The van der Waals surface area contributed by atoms with Gasteiger partial charge in [0, 0.05) is 0 Å². The number of rotatable bonds is 2. The van der Waals surface area contributed by atoms with Gasteiger partial charge < -0.3 is 4.74 Å². The minimum Gasteiger partial charge on any atom is -0.455 e. The molecule has 1 aromatic rings. The molecule has 2 amide bonds. The Hall–Kier alpha value is -2.50. The van der Waals surface area contributed by atoms with Gasteiger partial charge in [-0.15, -0.1) is 0 Å². The van der Waals surface area contributed by atoms with E-state index in [9.17, 15) is 18.8 Å². The van der Waals surface area contributed by atoms with Crippen molar-refractivity contribution >= 4 is 17.8 Å². The van der Waals surface area contributed by atoms with Crippen LogP contribution in [0, 0.1) is 5.82 Å². The molecule has 0 saturated carbocycles. The van der Waals surface area contributed by atoms with Crippen molar-refractivity contribution in [2.45, 2.75) is 26.4 Å². The van der Waals surface area contributed by atoms with Crippen LogP contribution in [0.25, 0.3) is 0 Å². The van der Waals surface area contributed by atoms with Gasteiger partial charge in [-0.25, -0.2) is 14.1 Å². The predicted molar refractivity (Wildman–Crippen MR) is 71.9 cm³/mol. The summed E-state index contributed by atoms with van der Waals surface area (Å²) >= 11 is 0. The Labute approximate surface area is 121 Å². The molecule has 0 radical (unpaired) electrons. The molecule has 5 nitrogen and oxygen atoms in total. The van der Waals surface area contributed by atoms with E-state index in [0.717, 1.165) is 6.07 Å². The van der Waals surface area contributed by atoms with Crippen molar-refractivity contribution in [2.75, 3.05) is 0 Å². The molecule has 0 spiro atoms. The molecule has 110 valence electrons. The lowest BCUT2D eigenvalue weighted by atomic mass is 10.1. The number of benzene rings is 1. The van der Waals surface area contributed by atoms with E-state index < -0.39 is 34.9 Å². The van der Waals surface area contributed by atoms with Crippen LogP contribution >= 0.6 is 0 Å². The third kappa shape index (κ3) is 2.56. The van der Waals surface area contributed by atoms with E-state index >= 15 is 0 Å². The lowest BCUT2D eigenvalue weighted by molar-refractivity contribution is -0.151. The van der Waals surface area contributed by atoms with Crippen LogP contribution in [0.5, 0.6) is 0 Å². The Balaban J connectivity index is 2.34. The van der Waals surface area contributed by atoms with Crippen molar-refractivity contribution in [1.82, 2.24) is 4.90 Å². The molecular weight excluding hydrogens is 277 g/mol. The van der Waals surface area contributed by atoms with Gasteiger partial charge in [-0.1, -0.05) is 12.6 Å². The maximum atomic E-state index is 13.7. The van der Waals surface area contributed by atoms with E-state index in [1.54, 1.807) is 20.8 Å². The zero-order valence-electron chi connectivity index (χ0n) is 11.9. The van der Waals surface area contributed by atoms with Crippen LogP contribution in [0.1, 0.15) is 41.5 Å². The number of halogens is 1. The Bertz CT molecular complexity index is 673. The molecule has 1 heterocycles. The quantitative estimate of drug-likeness (QED) is 0.476. The summed E-state index contributed by atoms with van der Waals surface area (Å²) in [5.74, 6) is -3.42. The normalized spacial score (nSPS) is 14.2. The summed E-state index contributed by atoms with van der Waals surface area (Å²) in [4.78, 5) is 36.7. The van der Waals surface area contributed by atoms with Crippen LogP contribution in [0.15, 0.2) is 30.5 Å². The zero-order chi connectivity index (χ0) is 15.9. The molecule has 6 heteroatoms. The summed E-state index contributed by atoms with van der Waals surface area (Å²) in [6, 6.07) is 3.71. The number of hydrogen-bond donors (Lipinski definition) is 0. The van der Waals surface area contributed by atoms with Crippen molar-refractivity contribution in [1.29, 1.82) is 0 Å². The van der Waals surface area contributed by atoms with Crippen molar-refractivity contribution in [3.63, 3.8) is 0 Å². The Morgan fingerprint density at radius 2 is 1.86 bits per heavy atom. The molecule has 2 rings (SSSR count). The minimum atomic E-state index is -0.913. The van der Waals surface area contributed by atoms with Crippen LogP contribution < -0.4 is 0 Å². The number of amides is 2. The molecule has 0 atom stereocenters. The highest BCUT2D eigenvalue weighted by Crippen LogP contribution is 2.28. The SMILES string of the molecule is C=C(C(=O)OC(C)(C)C)N1C(=O)c2cccc(F)c2C1=O. The molecule has 0 saturated heterocycles. The molecular formula is C15H14FNO4. The average molecular weight is 291 g/mol. The lowest BCUT2D eigenvalue weighted by Crippen LogP contribution is -2.36. The summed E-state index contributed by atoms with van der Waals surface area (Å²) in [6.45, 7) is 8.34. The van der Waals surface area contributed by atoms with E-state index in [4.69, 9.17) is 4.74 Å². The second-order valence-electron chi connectivity index (χ2n) is 5.56. The molecule has 0 N–H and O–H groups in total. The largest absolute Gasteiger partial charge is 0.455 e. The summed E-state index contributed by atoms with van der Waals surface area (Å²) in [5, 5.41) is 0. The number of esters is 1. The van der Waals surface area contributed by atoms with Gasteiger partial charge in [0.2, 0.25) is 0 Å². The fourth-order valence-electron chi connectivity index (χ4n) is 1.92. The van der Waals surface area contributed by atoms with Gasteiger partial charge in [-0.05, 0) is 32.9 Å². The standard InChI is InChI=1S/C15H14FNO4/c1-8(14(20)21-15(2,3)4)17-12(18)9-6-5-7-10(16)11(9)13(17)19/h5-7H,1H2,2-4H3. The van der Waals surface area contributed by atoms with Crippen molar-refractivity contribution in [2.24, 2.45) is 0 Å². The maximum Gasteiger partial charge on any atom is 0.355 e. The van der Waals surface area contributed by atoms with Crippen molar-refractivity contribution in [3.05, 3.63) is 47.4 Å². The molecule has 0 fully saturated rings. The number of hydrogen-bond acceptors (Lipinski definition) is 4. The first-order valence-corrected chi connectivity index (χ1v) is 6.23. The van der Waals surface area contributed by atoms with E-state index in [2.05, 4.69) is 6.58 Å². The number of carbonyl (C=O) groups is 3. The van der Waals surface area contributed by atoms with Gasteiger partial charge in [-0.2, -0.15) is 0 Å². The highest BCUT2D eigenvalue weighted by atomic mass is 19.1. The van der Waals surface area contributed by atoms with Gasteiger partial charge in [0.05, 0.1) is 11.1 Å². The Kier molecular flexibility index (Phi) is 3.41. The second kappa shape index (κ2) is 4.80. The van der Waals surface area contributed by atoms with Crippen molar-refractivity contribution < 1.29 is 23.5 Å². The fraction of sp³-hybridized carbons (Fsp3) is 0.267. The van der Waals surface area contributed by atoms with E-state index in [-0.39, 0.29) is 11.1 Å². The van der Waals surface area contributed by atoms with E-state index in [0.29, 0.717) is 4.90 Å². The van der Waals surface area contributed by atoms with Gasteiger partial charge >= 0.3 is 5.97 Å². The topological polar surface area (TPSA) is 63.7 Å². The van der Waals surface area contributed by atoms with E-state index in [1.807, 2.05) is 0 Å². The molecule has 1 aliphatic heterocycles. The van der Waals surface area contributed by atoms with Crippen LogP contribution in [0.3, 0.4) is 0 Å². The Morgan fingerprint density at radius 3 is 2.38 bits per heavy atom. The molecule has 0 unspecified atom stereocenters. The summed E-state index contributed by atoms with van der Waals surface area (Å²) < 4.78 is 18.7. The monoisotopic (exact) mass is 291 g/mol. The first-order valence-electron chi connectivity index (χ1n) is 6.23. The molecule has 1 aliphatic rings. The molecule has 1 aromatic carbocycles. The summed E-state index contributed by atoms with van der Waals surface area (Å²) in [7, 11) is 0. The first kappa shape index (κ1) is 14.9. The first-order chi connectivity index (χ1) is 9.63. The van der Waals surface area contributed by atoms with Gasteiger partial charge in [-0.3, -0.25) is 9.59 Å². The van der Waals surface area contributed by atoms with Crippen LogP contribution in [0.4, 0.5) is 4.39 Å². The third-order valence-electron chi connectivity index (χ3n) is 2.77. The summed E-state index contributed by atoms with van der Waals surface area (Å²) in [6.07, 6.45) is 0. The third-order valence-corrected chi connectivity index (χ3v) is 2.77. The highest BCUT2D eigenvalue weighted by Gasteiger charge is 2.41. The van der Waals surface area contributed by atoms with E-state index in [1.165, 1.54) is 12.1 Å². The number of carbonyl (C=O) groups excluding carboxylic acids is 3. The minimum absolute atomic E-state index is 0.0929. The average Bonchev–Trinajstić information content (AvgIpc) is 2.60. The lowest BCUT2D eigenvalue weighted by Gasteiger charge is -2.22. The Morgan fingerprint density at radius 1 is 1.24 bits per heavy atom. The molecule has 0 aliphatic carbocycles. The van der Waals surface area contributed by atoms with Gasteiger partial charge in [0.1, 0.15) is 17.1 Å². The number of imide groups is 1. The molecule has 0 bridgehead atoms. The van der Waals surface area contributed by atoms with Gasteiger partial charge in [0.25, 0.3) is 11.8 Å². The second-order valence-corrected chi connectivity index (χ2v) is 5.56. The van der Waals surface area contributed by atoms with Crippen LogP contribution in [-0.4, -0.2) is 28.3 Å². The number of fused-ring (bicyclic) bond motifs is 1. The predicted octanol–water partition coefficient (Wildman–Crippen LogP) is 2.28. The molecule has 21 heavy (non-hydrogen) atoms. The summed E-state index contributed by atoms with van der Waals surface area (Å²) in [5.41, 5.74) is -1.68. The van der Waals surface area contributed by atoms with Crippen LogP contribution in [-0.2, 0) is 9.53 Å². The zero-order valence-corrected chi connectivity index (χ0v) is 11.9. The number of nitrogens with zero attached hydrogens (tertiary/aromatic N) is 1. The smallest absolute Gasteiger partial charge is 0.355 e. The highest BCUT2D eigenvalue weighted by molar-refractivity contribution is 6.24. The van der Waals surface area contributed by atoms with Crippen LogP contribution in [0.2, 0.25) is 0 Å².